The number of para-hydroxylation sites is 3. The summed E-state index contributed by atoms with van der Waals surface area (Å²) in [5, 5.41) is 5.15. The third-order valence-corrected chi connectivity index (χ3v) is 9.62. The molecule has 6 aromatic rings. The third kappa shape index (κ3) is 3.16. The number of benzene rings is 4. The molecule has 0 spiro atoms. The smallest absolute Gasteiger partial charge is 0.143 e. The Hall–Kier alpha value is -3.82. The lowest BCUT2D eigenvalue weighted by Gasteiger charge is -2.16. The minimum Gasteiger partial charge on any atom is -0.456 e. The van der Waals surface area contributed by atoms with Crippen LogP contribution in [0.3, 0.4) is 0 Å². The van der Waals surface area contributed by atoms with E-state index in [0.29, 0.717) is 0 Å². The molecule has 0 atom stereocenters. The highest BCUT2D eigenvalue weighted by molar-refractivity contribution is 6.90. The van der Waals surface area contributed by atoms with Crippen LogP contribution in [0, 0.1) is 0 Å². The van der Waals surface area contributed by atoms with Gasteiger partial charge in [0.25, 0.3) is 0 Å². The number of furan rings is 1. The molecule has 4 aromatic carbocycles. The molecule has 2 heterocycles. The first-order chi connectivity index (χ1) is 17.5. The Kier molecular flexibility index (Phi) is 4.67. The van der Waals surface area contributed by atoms with Crippen molar-refractivity contribution < 1.29 is 4.42 Å². The van der Waals surface area contributed by atoms with E-state index in [4.69, 9.17) is 4.42 Å². The van der Waals surface area contributed by atoms with Gasteiger partial charge in [-0.25, -0.2) is 0 Å². The second kappa shape index (κ2) is 7.84. The average molecular weight is 484 g/mol. The number of allylic oxidation sites excluding steroid dienone is 1. The van der Waals surface area contributed by atoms with E-state index in [1.165, 1.54) is 49.4 Å². The highest BCUT2D eigenvalue weighted by atomic mass is 28.3. The Bertz CT molecular complexity index is 1810. The topological polar surface area (TPSA) is 18.1 Å². The summed E-state index contributed by atoms with van der Waals surface area (Å²) in [5.41, 5.74) is 9.61. The molecule has 0 amide bonds. The zero-order chi connectivity index (χ0) is 24.4. The molecule has 0 unspecified atom stereocenters. The molecule has 0 N–H and O–H groups in total. The molecule has 0 fully saturated rings. The van der Waals surface area contributed by atoms with Gasteiger partial charge in [-0.15, -0.1) is 0 Å². The zero-order valence-electron chi connectivity index (χ0n) is 21.0. The molecule has 1 aliphatic carbocycles. The fourth-order valence-electron chi connectivity index (χ4n) is 5.90. The van der Waals surface area contributed by atoms with Gasteiger partial charge in [0, 0.05) is 33.1 Å². The van der Waals surface area contributed by atoms with E-state index in [-0.39, 0.29) is 0 Å². The summed E-state index contributed by atoms with van der Waals surface area (Å²) in [6, 6.07) is 30.9. The third-order valence-electron chi connectivity index (χ3n) is 7.61. The van der Waals surface area contributed by atoms with Crippen LogP contribution >= 0.6 is 0 Å². The fourth-order valence-corrected chi connectivity index (χ4v) is 7.36. The number of rotatable bonds is 3. The van der Waals surface area contributed by atoms with Crippen molar-refractivity contribution in [3.8, 4) is 16.8 Å². The molecule has 0 bridgehead atoms. The second-order valence-corrected chi connectivity index (χ2v) is 16.0. The summed E-state index contributed by atoms with van der Waals surface area (Å²) < 4.78 is 9.14. The van der Waals surface area contributed by atoms with Crippen LogP contribution in [0.5, 0.6) is 0 Å². The minimum atomic E-state index is -1.55. The lowest BCUT2D eigenvalue weighted by atomic mass is 9.98. The quantitative estimate of drug-likeness (QED) is 0.230. The van der Waals surface area contributed by atoms with E-state index in [9.17, 15) is 0 Å². The number of hydrogen-bond acceptors (Lipinski definition) is 1. The van der Waals surface area contributed by atoms with Gasteiger partial charge in [-0.3, -0.25) is 0 Å². The molecule has 36 heavy (non-hydrogen) atoms. The lowest BCUT2D eigenvalue weighted by Crippen LogP contribution is -2.37. The van der Waals surface area contributed by atoms with Crippen molar-refractivity contribution in [2.45, 2.75) is 32.5 Å². The van der Waals surface area contributed by atoms with Crippen molar-refractivity contribution in [1.29, 1.82) is 0 Å². The van der Waals surface area contributed by atoms with Gasteiger partial charge in [0.05, 0.1) is 13.6 Å². The van der Waals surface area contributed by atoms with Gasteiger partial charge in [0.1, 0.15) is 11.2 Å². The van der Waals surface area contributed by atoms with Crippen molar-refractivity contribution in [2.24, 2.45) is 0 Å². The highest BCUT2D eigenvalue weighted by Crippen LogP contribution is 2.39. The van der Waals surface area contributed by atoms with Crippen LogP contribution in [0.2, 0.25) is 19.6 Å². The van der Waals surface area contributed by atoms with Crippen molar-refractivity contribution in [2.75, 3.05) is 0 Å². The molecule has 0 aliphatic heterocycles. The number of hydrogen-bond donors (Lipinski definition) is 0. The standard InChI is InChI=1S/C33H29NOSi/c1-36(2,3)31-18-10-16-28-27-15-9-14-24(32(27)35-33(28)31)22-19-20-26-25-13-7-8-17-29(25)34(30(26)21-22)23-11-5-4-6-12-23/h4-6,8-12,14-21H,7,13H2,1-3H3. The Morgan fingerprint density at radius 3 is 2.33 bits per heavy atom. The number of nitrogens with zero attached hydrogens (tertiary/aromatic N) is 1. The summed E-state index contributed by atoms with van der Waals surface area (Å²) in [5.74, 6) is 0. The van der Waals surface area contributed by atoms with Crippen LogP contribution in [0.1, 0.15) is 17.7 Å². The first-order valence-electron chi connectivity index (χ1n) is 12.8. The molecule has 3 heteroatoms. The van der Waals surface area contributed by atoms with Crippen LogP contribution in [-0.2, 0) is 6.42 Å². The van der Waals surface area contributed by atoms with Crippen LogP contribution in [0.4, 0.5) is 0 Å². The van der Waals surface area contributed by atoms with Gasteiger partial charge in [-0.1, -0.05) is 92.4 Å². The Balaban J connectivity index is 1.51. The maximum absolute atomic E-state index is 6.72. The van der Waals surface area contributed by atoms with Crippen LogP contribution in [0.25, 0.3) is 55.7 Å². The molecule has 1 aliphatic rings. The monoisotopic (exact) mass is 483 g/mol. The molecular formula is C33H29NOSi. The molecule has 2 aromatic heterocycles. The zero-order valence-corrected chi connectivity index (χ0v) is 22.0. The minimum absolute atomic E-state index is 0.986. The predicted molar refractivity (Wildman–Crippen MR) is 156 cm³/mol. The Labute approximate surface area is 212 Å². The molecular weight excluding hydrogens is 454 g/mol. The summed E-state index contributed by atoms with van der Waals surface area (Å²) in [6.07, 6.45) is 6.77. The van der Waals surface area contributed by atoms with Gasteiger partial charge in [0.2, 0.25) is 0 Å². The Morgan fingerprint density at radius 2 is 1.53 bits per heavy atom. The molecule has 0 saturated heterocycles. The second-order valence-electron chi connectivity index (χ2n) is 10.9. The molecule has 176 valence electrons. The SMILES string of the molecule is C[Si](C)(C)c1cccc2c1oc1c(-c3ccc4c5c(n(-c6ccccc6)c4c3)C=CCC5)cccc12. The summed E-state index contributed by atoms with van der Waals surface area (Å²) >= 11 is 0. The summed E-state index contributed by atoms with van der Waals surface area (Å²) in [6.45, 7) is 7.16. The van der Waals surface area contributed by atoms with E-state index in [1.54, 1.807) is 0 Å². The van der Waals surface area contributed by atoms with Crippen molar-refractivity contribution in [1.82, 2.24) is 4.57 Å². The van der Waals surface area contributed by atoms with Crippen molar-refractivity contribution in [3.05, 3.63) is 102 Å². The predicted octanol–water partition coefficient (Wildman–Crippen LogP) is 8.70. The van der Waals surface area contributed by atoms with Gasteiger partial charge in [0.15, 0.2) is 0 Å². The molecule has 0 saturated carbocycles. The van der Waals surface area contributed by atoms with Gasteiger partial charge >= 0.3 is 0 Å². The van der Waals surface area contributed by atoms with Gasteiger partial charge < -0.3 is 8.98 Å². The maximum atomic E-state index is 6.72. The van der Waals surface area contributed by atoms with Crippen LogP contribution < -0.4 is 5.19 Å². The Morgan fingerprint density at radius 1 is 0.750 bits per heavy atom. The molecule has 0 radical (unpaired) electrons. The highest BCUT2D eigenvalue weighted by Gasteiger charge is 2.24. The van der Waals surface area contributed by atoms with E-state index < -0.39 is 8.07 Å². The summed E-state index contributed by atoms with van der Waals surface area (Å²) in [4.78, 5) is 0. The molecule has 2 nitrogen and oxygen atoms in total. The van der Waals surface area contributed by atoms with Gasteiger partial charge in [-0.2, -0.15) is 0 Å². The average Bonchev–Trinajstić information content (AvgIpc) is 3.44. The normalized spacial score (nSPS) is 13.6. The van der Waals surface area contributed by atoms with E-state index in [1.807, 2.05) is 0 Å². The van der Waals surface area contributed by atoms with E-state index in [2.05, 4.69) is 121 Å². The molecule has 7 rings (SSSR count). The number of fused-ring (bicyclic) bond motifs is 6. The van der Waals surface area contributed by atoms with Gasteiger partial charge in [-0.05, 0) is 53.4 Å². The van der Waals surface area contributed by atoms with E-state index >= 15 is 0 Å². The number of aromatic nitrogens is 1. The first kappa shape index (κ1) is 21.5. The van der Waals surface area contributed by atoms with Crippen molar-refractivity contribution in [3.63, 3.8) is 0 Å². The van der Waals surface area contributed by atoms with Crippen molar-refractivity contribution >= 4 is 52.2 Å². The maximum Gasteiger partial charge on any atom is 0.143 e. The van der Waals surface area contributed by atoms with Crippen LogP contribution in [-0.4, -0.2) is 12.6 Å². The lowest BCUT2D eigenvalue weighted by molar-refractivity contribution is 0.672. The fraction of sp³-hybridized carbons (Fsp3) is 0.152. The number of aryl methyl sites for hydroxylation is 1. The van der Waals surface area contributed by atoms with E-state index in [0.717, 1.165) is 29.6 Å². The summed E-state index contributed by atoms with van der Waals surface area (Å²) in [7, 11) is -1.55. The largest absolute Gasteiger partial charge is 0.456 e. The first-order valence-corrected chi connectivity index (χ1v) is 16.3. The van der Waals surface area contributed by atoms with Crippen LogP contribution in [0.15, 0.2) is 95.4 Å².